The Bertz CT molecular complexity index is 630. The Kier molecular flexibility index (Phi) is 5.18. The van der Waals surface area contributed by atoms with E-state index in [1.807, 2.05) is 0 Å². The Morgan fingerprint density at radius 3 is 2.90 bits per heavy atom. The van der Waals surface area contributed by atoms with Crippen LogP contribution >= 0.6 is 11.8 Å². The van der Waals surface area contributed by atoms with E-state index in [2.05, 4.69) is 10.2 Å². The number of hydrogen-bond acceptors (Lipinski definition) is 6. The molecule has 112 valence electrons. The lowest BCUT2D eigenvalue weighted by atomic mass is 10.2. The van der Waals surface area contributed by atoms with Crippen LogP contribution in [0.15, 0.2) is 29.4 Å². The zero-order valence-electron chi connectivity index (χ0n) is 11.4. The van der Waals surface area contributed by atoms with Crippen molar-refractivity contribution >= 4 is 17.7 Å². The average Bonchev–Trinajstić information content (AvgIpc) is 2.85. The van der Waals surface area contributed by atoms with Crippen molar-refractivity contribution in [3.05, 3.63) is 24.3 Å². The highest BCUT2D eigenvalue weighted by atomic mass is 32.2. The van der Waals surface area contributed by atoms with E-state index in [0.717, 1.165) is 11.8 Å². The summed E-state index contributed by atoms with van der Waals surface area (Å²) in [5.41, 5.74) is 0.709. The first kappa shape index (κ1) is 15.3. The van der Waals surface area contributed by atoms with Gasteiger partial charge in [0.25, 0.3) is 0 Å². The molecule has 0 aliphatic carbocycles. The summed E-state index contributed by atoms with van der Waals surface area (Å²) in [6.07, 6.45) is 0. The summed E-state index contributed by atoms with van der Waals surface area (Å²) < 4.78 is 6.84. The number of thioether (sulfide) groups is 1. The molecule has 0 amide bonds. The van der Waals surface area contributed by atoms with Gasteiger partial charge in [0.05, 0.1) is 18.9 Å². The van der Waals surface area contributed by atoms with Gasteiger partial charge in [-0.3, -0.25) is 9.36 Å². The lowest BCUT2D eigenvalue weighted by molar-refractivity contribution is -0.133. The molecule has 8 heteroatoms. The van der Waals surface area contributed by atoms with Crippen LogP contribution in [0.2, 0.25) is 0 Å². The molecule has 1 aromatic carbocycles. The van der Waals surface area contributed by atoms with Crippen molar-refractivity contribution in [2.75, 3.05) is 19.5 Å². The number of phenolic OH excluding ortho intramolecular Hbond substituents is 1. The molecule has 0 unspecified atom stereocenters. The van der Waals surface area contributed by atoms with Crippen molar-refractivity contribution < 1.29 is 19.7 Å². The van der Waals surface area contributed by atoms with Gasteiger partial charge in [0.1, 0.15) is 5.75 Å². The number of carbonyl (C=O) groups is 1. The van der Waals surface area contributed by atoms with Gasteiger partial charge in [0, 0.05) is 12.7 Å². The zero-order valence-corrected chi connectivity index (χ0v) is 12.2. The number of benzene rings is 1. The Balaban J connectivity index is 2.33. The lowest BCUT2D eigenvalue weighted by Gasteiger charge is -2.09. The Morgan fingerprint density at radius 1 is 1.43 bits per heavy atom. The molecule has 7 nitrogen and oxygen atoms in total. The quantitative estimate of drug-likeness (QED) is 0.747. The van der Waals surface area contributed by atoms with Crippen molar-refractivity contribution in [2.45, 2.75) is 11.7 Å². The van der Waals surface area contributed by atoms with Crippen molar-refractivity contribution in [1.82, 2.24) is 14.8 Å². The van der Waals surface area contributed by atoms with Gasteiger partial charge in [-0.15, -0.1) is 10.2 Å². The monoisotopic (exact) mass is 309 g/mol. The van der Waals surface area contributed by atoms with E-state index in [9.17, 15) is 9.90 Å². The van der Waals surface area contributed by atoms with Crippen LogP contribution in [0.1, 0.15) is 0 Å². The number of phenols is 1. The molecule has 0 bridgehead atoms. The number of aromatic nitrogens is 3. The number of rotatable bonds is 7. The number of aromatic hydroxyl groups is 1. The van der Waals surface area contributed by atoms with E-state index in [1.54, 1.807) is 35.9 Å². The summed E-state index contributed by atoms with van der Waals surface area (Å²) in [5.74, 6) is -0.310. The van der Waals surface area contributed by atoms with E-state index in [-0.39, 0.29) is 11.5 Å². The Hall–Kier alpha value is -2.06. The summed E-state index contributed by atoms with van der Waals surface area (Å²) in [6, 6.07) is 6.67. The van der Waals surface area contributed by atoms with Crippen LogP contribution < -0.4 is 0 Å². The fourth-order valence-corrected chi connectivity index (χ4v) is 2.45. The van der Waals surface area contributed by atoms with Gasteiger partial charge in [-0.2, -0.15) is 0 Å². The van der Waals surface area contributed by atoms with E-state index in [4.69, 9.17) is 9.84 Å². The van der Waals surface area contributed by atoms with E-state index < -0.39 is 5.97 Å². The minimum absolute atomic E-state index is 0.0921. The van der Waals surface area contributed by atoms with Crippen LogP contribution in [0.4, 0.5) is 0 Å². The third-order valence-electron chi connectivity index (χ3n) is 2.66. The lowest BCUT2D eigenvalue weighted by Crippen LogP contribution is -2.08. The third-order valence-corrected chi connectivity index (χ3v) is 3.62. The molecular weight excluding hydrogens is 294 g/mol. The number of carboxylic acid groups (broad SMARTS) is 1. The number of methoxy groups -OCH3 is 1. The van der Waals surface area contributed by atoms with Crippen molar-refractivity contribution in [1.29, 1.82) is 0 Å². The van der Waals surface area contributed by atoms with Crippen molar-refractivity contribution in [3.63, 3.8) is 0 Å². The minimum atomic E-state index is -0.916. The number of hydrogen-bond donors (Lipinski definition) is 2. The topological polar surface area (TPSA) is 97.5 Å². The molecule has 0 spiro atoms. The van der Waals surface area contributed by atoms with Gasteiger partial charge in [-0.25, -0.2) is 0 Å². The van der Waals surface area contributed by atoms with E-state index >= 15 is 0 Å². The molecule has 0 fully saturated rings. The first-order chi connectivity index (χ1) is 10.1. The molecule has 1 heterocycles. The molecule has 2 aromatic rings. The second-order valence-corrected chi connectivity index (χ2v) is 5.13. The summed E-state index contributed by atoms with van der Waals surface area (Å²) >= 11 is 1.10. The first-order valence-electron chi connectivity index (χ1n) is 6.18. The maximum atomic E-state index is 10.7. The molecule has 21 heavy (non-hydrogen) atoms. The van der Waals surface area contributed by atoms with Gasteiger partial charge in [-0.05, 0) is 12.1 Å². The first-order valence-corrected chi connectivity index (χ1v) is 7.16. The molecule has 0 saturated carbocycles. The predicted octanol–water partition coefficient (Wildman–Crippen LogP) is 1.47. The second-order valence-electron chi connectivity index (χ2n) is 4.18. The number of aliphatic carboxylic acids is 1. The standard InChI is InChI=1S/C13H15N3O4S/c1-20-6-5-16-12(9-3-2-4-10(17)7-9)14-15-13(16)21-8-11(18)19/h2-4,7,17H,5-6,8H2,1H3,(H,18,19). The van der Waals surface area contributed by atoms with E-state index in [1.165, 1.54) is 0 Å². The smallest absolute Gasteiger partial charge is 0.313 e. The molecule has 0 aliphatic rings. The SMILES string of the molecule is COCCn1c(SCC(=O)O)nnc1-c1cccc(O)c1. The van der Waals surface area contributed by atoms with Crippen molar-refractivity contribution in [3.8, 4) is 17.1 Å². The maximum absolute atomic E-state index is 10.7. The van der Waals surface area contributed by atoms with Crippen LogP contribution in [0, 0.1) is 0 Å². The summed E-state index contributed by atoms with van der Waals surface area (Å²) in [5, 5.41) is 26.9. The average molecular weight is 309 g/mol. The maximum Gasteiger partial charge on any atom is 0.313 e. The molecule has 0 aliphatic heterocycles. The molecule has 2 N–H and O–H groups in total. The van der Waals surface area contributed by atoms with Gasteiger partial charge in [0.15, 0.2) is 11.0 Å². The molecule has 0 atom stereocenters. The number of carboxylic acids is 1. The second kappa shape index (κ2) is 7.09. The highest BCUT2D eigenvalue weighted by molar-refractivity contribution is 7.99. The normalized spacial score (nSPS) is 10.7. The molecule has 1 aromatic heterocycles. The van der Waals surface area contributed by atoms with E-state index in [0.29, 0.717) is 29.7 Å². The van der Waals surface area contributed by atoms with Gasteiger partial charge < -0.3 is 14.9 Å². The predicted molar refractivity (Wildman–Crippen MR) is 77.4 cm³/mol. The highest BCUT2D eigenvalue weighted by Crippen LogP contribution is 2.26. The third kappa shape index (κ3) is 3.96. The number of nitrogens with zero attached hydrogens (tertiary/aromatic N) is 3. The van der Waals surface area contributed by atoms with Gasteiger partial charge in [-0.1, -0.05) is 23.9 Å². The van der Waals surface area contributed by atoms with Crippen LogP contribution in [0.3, 0.4) is 0 Å². The molecular formula is C13H15N3O4S. The minimum Gasteiger partial charge on any atom is -0.508 e. The highest BCUT2D eigenvalue weighted by Gasteiger charge is 2.15. The summed E-state index contributed by atoms with van der Waals surface area (Å²) in [6.45, 7) is 0.945. The Morgan fingerprint density at radius 2 is 2.24 bits per heavy atom. The zero-order chi connectivity index (χ0) is 15.2. The van der Waals surface area contributed by atoms with Gasteiger partial charge in [0.2, 0.25) is 0 Å². The van der Waals surface area contributed by atoms with Crippen LogP contribution in [-0.2, 0) is 16.1 Å². The molecule has 0 radical (unpaired) electrons. The van der Waals surface area contributed by atoms with Crippen LogP contribution in [0.25, 0.3) is 11.4 Å². The van der Waals surface area contributed by atoms with Crippen molar-refractivity contribution in [2.24, 2.45) is 0 Å². The molecule has 2 rings (SSSR count). The fourth-order valence-electron chi connectivity index (χ4n) is 1.76. The summed E-state index contributed by atoms with van der Waals surface area (Å²) in [4.78, 5) is 10.7. The summed E-state index contributed by atoms with van der Waals surface area (Å²) in [7, 11) is 1.59. The van der Waals surface area contributed by atoms with Crippen LogP contribution in [0.5, 0.6) is 5.75 Å². The largest absolute Gasteiger partial charge is 0.508 e. The Labute approximate surface area is 125 Å². The fraction of sp³-hybridized carbons (Fsp3) is 0.308. The number of ether oxygens (including phenoxy) is 1. The molecule has 0 saturated heterocycles. The van der Waals surface area contributed by atoms with Crippen LogP contribution in [-0.4, -0.2) is 50.4 Å². The van der Waals surface area contributed by atoms with Gasteiger partial charge >= 0.3 is 5.97 Å².